The number of unbranched alkanes of at least 4 members (excludes halogenated alkanes) is 3. The van der Waals surface area contributed by atoms with Crippen molar-refractivity contribution in [2.24, 2.45) is 10.2 Å². The van der Waals surface area contributed by atoms with Gasteiger partial charge in [-0.05, 0) is 49.2 Å². The number of rotatable bonds is 9. The molecule has 2 aromatic rings. The van der Waals surface area contributed by atoms with Crippen molar-refractivity contribution >= 4 is 17.3 Å². The molecule has 0 heterocycles. The van der Waals surface area contributed by atoms with Crippen LogP contribution in [-0.4, -0.2) is 5.97 Å². The van der Waals surface area contributed by atoms with E-state index in [4.69, 9.17) is 4.74 Å². The lowest BCUT2D eigenvalue weighted by atomic mass is 10.1. The monoisotopic (exact) mass is 336 g/mol. The summed E-state index contributed by atoms with van der Waals surface area (Å²) in [6.07, 6.45) is 5.12. The van der Waals surface area contributed by atoms with E-state index in [1.54, 1.807) is 24.3 Å². The highest BCUT2D eigenvalue weighted by molar-refractivity contribution is 5.89. The van der Waals surface area contributed by atoms with Crippen LogP contribution in [0.25, 0.3) is 0 Å². The van der Waals surface area contributed by atoms with Gasteiger partial charge in [-0.1, -0.05) is 51.0 Å². The van der Waals surface area contributed by atoms with Crippen molar-refractivity contribution in [1.82, 2.24) is 0 Å². The maximum atomic E-state index is 12.0. The first-order valence-corrected chi connectivity index (χ1v) is 8.66. The van der Waals surface area contributed by atoms with Crippen molar-refractivity contribution in [2.45, 2.75) is 39.0 Å². The molecule has 2 rings (SSSR count). The molecule has 0 radical (unpaired) electrons. The molecule has 0 amide bonds. The van der Waals surface area contributed by atoms with Crippen LogP contribution in [0.5, 0.6) is 5.75 Å². The van der Waals surface area contributed by atoms with Gasteiger partial charge in [0.25, 0.3) is 0 Å². The highest BCUT2D eigenvalue weighted by Gasteiger charge is 2.09. The van der Waals surface area contributed by atoms with Crippen molar-refractivity contribution in [1.29, 1.82) is 0 Å². The molecule has 25 heavy (non-hydrogen) atoms. The molecule has 0 aliphatic rings. The van der Waals surface area contributed by atoms with Crippen molar-refractivity contribution < 1.29 is 9.53 Å². The standard InChI is InChI=1S/C21H24N2O2/c1-3-4-5-7-10-17(2)21(24)25-20-15-13-19(14-16-20)23-22-18-11-8-6-9-12-18/h6,8-9,11-16H,2-5,7,10H2,1H3. The number of hydrogen-bond donors (Lipinski definition) is 0. The minimum absolute atomic E-state index is 0.366. The van der Waals surface area contributed by atoms with E-state index in [0.717, 1.165) is 18.5 Å². The van der Waals surface area contributed by atoms with Crippen molar-refractivity contribution in [3.63, 3.8) is 0 Å². The zero-order valence-corrected chi connectivity index (χ0v) is 14.6. The molecule has 130 valence electrons. The van der Waals surface area contributed by atoms with E-state index in [1.165, 1.54) is 12.8 Å². The van der Waals surface area contributed by atoms with Gasteiger partial charge in [0.15, 0.2) is 0 Å². The van der Waals surface area contributed by atoms with Crippen LogP contribution < -0.4 is 4.74 Å². The highest BCUT2D eigenvalue weighted by Crippen LogP contribution is 2.22. The molecule has 0 unspecified atom stereocenters. The second kappa shape index (κ2) is 10.2. The van der Waals surface area contributed by atoms with E-state index in [1.807, 2.05) is 30.3 Å². The van der Waals surface area contributed by atoms with Crippen LogP contribution in [0.15, 0.2) is 77.0 Å². The number of azo groups is 1. The Labute approximate surface area is 149 Å². The van der Waals surface area contributed by atoms with E-state index >= 15 is 0 Å². The fraction of sp³-hybridized carbons (Fsp3) is 0.286. The molecule has 0 atom stereocenters. The summed E-state index contributed by atoms with van der Waals surface area (Å²) in [7, 11) is 0. The molecule has 0 saturated heterocycles. The zero-order chi connectivity index (χ0) is 17.9. The second-order valence-corrected chi connectivity index (χ2v) is 5.83. The molecule has 0 aromatic heterocycles. The summed E-state index contributed by atoms with van der Waals surface area (Å²) < 4.78 is 5.34. The van der Waals surface area contributed by atoms with E-state index in [2.05, 4.69) is 23.7 Å². The van der Waals surface area contributed by atoms with Crippen LogP contribution in [0.1, 0.15) is 39.0 Å². The predicted molar refractivity (Wildman–Crippen MR) is 101 cm³/mol. The first-order valence-electron chi connectivity index (χ1n) is 8.66. The summed E-state index contributed by atoms with van der Waals surface area (Å²) in [6, 6.07) is 16.5. The van der Waals surface area contributed by atoms with Gasteiger partial charge in [0.2, 0.25) is 0 Å². The number of benzene rings is 2. The summed E-state index contributed by atoms with van der Waals surface area (Å²) >= 11 is 0. The second-order valence-electron chi connectivity index (χ2n) is 5.83. The number of esters is 1. The first-order chi connectivity index (χ1) is 12.2. The molecule has 0 aliphatic carbocycles. The molecule has 0 spiro atoms. The number of ether oxygens (including phenoxy) is 1. The Hall–Kier alpha value is -2.75. The third kappa shape index (κ3) is 6.71. The lowest BCUT2D eigenvalue weighted by Gasteiger charge is -2.06. The third-order valence-electron chi connectivity index (χ3n) is 3.71. The molecule has 0 N–H and O–H groups in total. The number of carbonyl (C=O) groups excluding carboxylic acids is 1. The SMILES string of the molecule is C=C(CCCCCC)C(=O)Oc1ccc(N=Nc2ccccc2)cc1. The number of hydrogen-bond acceptors (Lipinski definition) is 4. The Morgan fingerprint density at radius 2 is 1.56 bits per heavy atom. The molecular weight excluding hydrogens is 312 g/mol. The number of nitrogens with zero attached hydrogens (tertiary/aromatic N) is 2. The Bertz CT molecular complexity index is 706. The quantitative estimate of drug-likeness (QED) is 0.172. The molecule has 4 nitrogen and oxygen atoms in total. The number of carbonyl (C=O) groups is 1. The molecule has 0 saturated carbocycles. The maximum absolute atomic E-state index is 12.0. The Morgan fingerprint density at radius 1 is 0.920 bits per heavy atom. The Balaban J connectivity index is 1.84. The highest BCUT2D eigenvalue weighted by atomic mass is 16.5. The normalized spacial score (nSPS) is 10.8. The summed E-state index contributed by atoms with van der Waals surface area (Å²) in [5, 5.41) is 8.30. The lowest BCUT2D eigenvalue weighted by molar-refractivity contribution is -0.130. The van der Waals surface area contributed by atoms with Gasteiger partial charge >= 0.3 is 5.97 Å². The van der Waals surface area contributed by atoms with Crippen molar-refractivity contribution in [3.8, 4) is 5.75 Å². The first kappa shape index (κ1) is 18.6. The van der Waals surface area contributed by atoms with Crippen LogP contribution in [0.3, 0.4) is 0 Å². The minimum Gasteiger partial charge on any atom is -0.423 e. The van der Waals surface area contributed by atoms with Gasteiger partial charge in [-0.2, -0.15) is 10.2 Å². The summed E-state index contributed by atoms with van der Waals surface area (Å²) in [5.74, 6) is 0.119. The van der Waals surface area contributed by atoms with Gasteiger partial charge in [-0.3, -0.25) is 0 Å². The van der Waals surface area contributed by atoms with Crippen molar-refractivity contribution in [2.75, 3.05) is 0 Å². The summed E-state index contributed by atoms with van der Waals surface area (Å²) in [4.78, 5) is 12.0. The molecule has 0 aliphatic heterocycles. The van der Waals surface area contributed by atoms with E-state index in [-0.39, 0.29) is 5.97 Å². The Morgan fingerprint density at radius 3 is 2.20 bits per heavy atom. The molecule has 0 fully saturated rings. The van der Waals surface area contributed by atoms with E-state index in [0.29, 0.717) is 23.4 Å². The van der Waals surface area contributed by atoms with Gasteiger partial charge in [-0.15, -0.1) is 0 Å². The largest absolute Gasteiger partial charge is 0.423 e. The maximum Gasteiger partial charge on any atom is 0.338 e. The summed E-state index contributed by atoms with van der Waals surface area (Å²) in [6.45, 7) is 5.98. The average Bonchev–Trinajstić information content (AvgIpc) is 2.65. The molecule has 4 heteroatoms. The summed E-state index contributed by atoms with van der Waals surface area (Å²) in [5.41, 5.74) is 2.00. The molecule has 0 bridgehead atoms. The molecular formula is C21H24N2O2. The minimum atomic E-state index is -0.366. The van der Waals surface area contributed by atoms with Crippen LogP contribution >= 0.6 is 0 Å². The zero-order valence-electron chi connectivity index (χ0n) is 14.6. The van der Waals surface area contributed by atoms with Crippen molar-refractivity contribution in [3.05, 3.63) is 66.7 Å². The fourth-order valence-electron chi connectivity index (χ4n) is 2.24. The molecule has 2 aromatic carbocycles. The van der Waals surface area contributed by atoms with Gasteiger partial charge < -0.3 is 4.74 Å². The van der Waals surface area contributed by atoms with Gasteiger partial charge in [0.05, 0.1) is 11.4 Å². The van der Waals surface area contributed by atoms with E-state index in [9.17, 15) is 4.79 Å². The van der Waals surface area contributed by atoms with Crippen LogP contribution in [0, 0.1) is 0 Å². The lowest BCUT2D eigenvalue weighted by Crippen LogP contribution is -2.10. The van der Waals surface area contributed by atoms with Gasteiger partial charge in [0.1, 0.15) is 5.75 Å². The van der Waals surface area contributed by atoms with Gasteiger partial charge in [-0.25, -0.2) is 4.79 Å². The third-order valence-corrected chi connectivity index (χ3v) is 3.71. The average molecular weight is 336 g/mol. The van der Waals surface area contributed by atoms with Crippen LogP contribution in [-0.2, 0) is 4.79 Å². The van der Waals surface area contributed by atoms with Crippen LogP contribution in [0.4, 0.5) is 11.4 Å². The smallest absolute Gasteiger partial charge is 0.338 e. The topological polar surface area (TPSA) is 51.0 Å². The van der Waals surface area contributed by atoms with E-state index < -0.39 is 0 Å². The van der Waals surface area contributed by atoms with Gasteiger partial charge in [0, 0.05) is 5.57 Å². The predicted octanol–water partition coefficient (Wildman–Crippen LogP) is 6.53. The Kier molecular flexibility index (Phi) is 7.57. The fourth-order valence-corrected chi connectivity index (χ4v) is 2.24. The van der Waals surface area contributed by atoms with Crippen LogP contribution in [0.2, 0.25) is 0 Å².